The maximum absolute atomic E-state index is 13.5. The first-order valence-electron chi connectivity index (χ1n) is 10.7. The third kappa shape index (κ3) is 5.40. The zero-order chi connectivity index (χ0) is 25.7. The Morgan fingerprint density at radius 1 is 0.917 bits per heavy atom. The zero-order valence-corrected chi connectivity index (χ0v) is 19.3. The van der Waals surface area contributed by atoms with Gasteiger partial charge in [0.15, 0.2) is 0 Å². The molecule has 0 radical (unpaired) electrons. The van der Waals surface area contributed by atoms with Gasteiger partial charge in [-0.3, -0.25) is 4.98 Å². The lowest BCUT2D eigenvalue weighted by atomic mass is 9.99. The van der Waals surface area contributed by atoms with Crippen LogP contribution in [-0.2, 0) is 6.18 Å². The molecule has 0 saturated heterocycles. The fraction of sp³-hybridized carbons (Fsp3) is 0.160. The highest BCUT2D eigenvalue weighted by atomic mass is 19.4. The summed E-state index contributed by atoms with van der Waals surface area (Å²) in [6.45, 7) is 0. The van der Waals surface area contributed by atoms with Crippen LogP contribution in [0.2, 0.25) is 0 Å². The molecule has 0 fully saturated rings. The van der Waals surface area contributed by atoms with Crippen molar-refractivity contribution in [3.05, 3.63) is 96.3 Å². The number of hydrogen-bond acceptors (Lipinski definition) is 5. The standard InChI is InChI=1S/C25H22F3N5O3/c1-35-21-14-22(36-2)20(13-19(21)25(26,27)28)32-24(34)31-18-5-3-4-17(12-18)23(33-11-10-30-15-33)16-6-8-29-9-7-16/h3-15,23H,1-2H3,(H2,31,32,34). The molecule has 8 nitrogen and oxygen atoms in total. The van der Waals surface area contributed by atoms with E-state index in [2.05, 4.69) is 20.6 Å². The fourth-order valence-corrected chi connectivity index (χ4v) is 3.79. The Morgan fingerprint density at radius 3 is 2.31 bits per heavy atom. The summed E-state index contributed by atoms with van der Waals surface area (Å²) in [5.74, 6) is -0.402. The Balaban J connectivity index is 1.60. The van der Waals surface area contributed by atoms with Gasteiger partial charge in [0.2, 0.25) is 0 Å². The maximum atomic E-state index is 13.5. The number of halogens is 3. The number of urea groups is 1. The van der Waals surface area contributed by atoms with Crippen LogP contribution in [0, 0.1) is 0 Å². The van der Waals surface area contributed by atoms with Crippen LogP contribution in [0.5, 0.6) is 11.5 Å². The molecule has 0 spiro atoms. The topological polar surface area (TPSA) is 90.3 Å². The molecule has 0 aliphatic heterocycles. The summed E-state index contributed by atoms with van der Waals surface area (Å²) in [7, 11) is 2.41. The van der Waals surface area contributed by atoms with Crippen LogP contribution >= 0.6 is 0 Å². The Kier molecular flexibility index (Phi) is 7.09. The van der Waals surface area contributed by atoms with Crippen molar-refractivity contribution < 1.29 is 27.4 Å². The first kappa shape index (κ1) is 24.6. The van der Waals surface area contributed by atoms with E-state index >= 15 is 0 Å². The minimum Gasteiger partial charge on any atom is -0.496 e. The molecule has 2 aromatic carbocycles. The fourth-order valence-electron chi connectivity index (χ4n) is 3.79. The van der Waals surface area contributed by atoms with Crippen LogP contribution in [0.1, 0.15) is 22.7 Å². The summed E-state index contributed by atoms with van der Waals surface area (Å²) >= 11 is 0. The third-order valence-electron chi connectivity index (χ3n) is 5.38. The molecule has 1 unspecified atom stereocenters. The number of methoxy groups -OCH3 is 2. The van der Waals surface area contributed by atoms with Crippen molar-refractivity contribution in [1.82, 2.24) is 14.5 Å². The Morgan fingerprint density at radius 2 is 1.67 bits per heavy atom. The molecular formula is C25H22F3N5O3. The quantitative estimate of drug-likeness (QED) is 0.347. The van der Waals surface area contributed by atoms with Crippen molar-refractivity contribution in [2.24, 2.45) is 0 Å². The lowest BCUT2D eigenvalue weighted by molar-refractivity contribution is -0.138. The average molecular weight is 497 g/mol. The molecule has 186 valence electrons. The van der Waals surface area contributed by atoms with Gasteiger partial charge < -0.3 is 24.7 Å². The second kappa shape index (κ2) is 10.4. The van der Waals surface area contributed by atoms with Crippen molar-refractivity contribution in [2.75, 3.05) is 24.9 Å². The highest BCUT2D eigenvalue weighted by Gasteiger charge is 2.35. The number of ether oxygens (including phenoxy) is 2. The highest BCUT2D eigenvalue weighted by Crippen LogP contribution is 2.42. The van der Waals surface area contributed by atoms with Crippen LogP contribution < -0.4 is 20.1 Å². The summed E-state index contributed by atoms with van der Waals surface area (Å²) in [4.78, 5) is 20.9. The normalized spacial score (nSPS) is 12.0. The number of nitrogens with one attached hydrogen (secondary N) is 2. The van der Waals surface area contributed by atoms with Gasteiger partial charge in [0.1, 0.15) is 11.5 Å². The van der Waals surface area contributed by atoms with E-state index < -0.39 is 23.5 Å². The number of hydrogen-bond donors (Lipinski definition) is 2. The first-order valence-corrected chi connectivity index (χ1v) is 10.7. The predicted molar refractivity (Wildman–Crippen MR) is 127 cm³/mol. The molecule has 4 rings (SSSR count). The molecule has 11 heteroatoms. The largest absolute Gasteiger partial charge is 0.496 e. The highest BCUT2D eigenvalue weighted by molar-refractivity contribution is 6.01. The minimum absolute atomic E-state index is 0.0154. The molecule has 0 aliphatic rings. The van der Waals surface area contributed by atoms with Gasteiger partial charge in [-0.1, -0.05) is 12.1 Å². The maximum Gasteiger partial charge on any atom is 0.420 e. The summed E-state index contributed by atoms with van der Waals surface area (Å²) in [6, 6.07) is 11.7. The number of aromatic nitrogens is 3. The van der Waals surface area contributed by atoms with Crippen molar-refractivity contribution in [3.8, 4) is 11.5 Å². The monoisotopic (exact) mass is 497 g/mol. The average Bonchev–Trinajstić information content (AvgIpc) is 3.38. The van der Waals surface area contributed by atoms with Crippen molar-refractivity contribution in [3.63, 3.8) is 0 Å². The number of benzene rings is 2. The molecule has 0 bridgehead atoms. The van der Waals surface area contributed by atoms with E-state index in [1.54, 1.807) is 43.1 Å². The first-order chi connectivity index (χ1) is 17.3. The Labute approximate surface area is 204 Å². The van der Waals surface area contributed by atoms with Crippen LogP contribution in [0.4, 0.5) is 29.3 Å². The van der Waals surface area contributed by atoms with Gasteiger partial charge in [-0.05, 0) is 41.5 Å². The van der Waals surface area contributed by atoms with Gasteiger partial charge in [0, 0.05) is 36.5 Å². The van der Waals surface area contributed by atoms with Crippen molar-refractivity contribution >= 4 is 17.4 Å². The number of rotatable bonds is 7. The third-order valence-corrected chi connectivity index (χ3v) is 5.38. The molecule has 2 heterocycles. The Hall–Kier alpha value is -4.54. The van der Waals surface area contributed by atoms with Gasteiger partial charge in [0.05, 0.1) is 37.8 Å². The number of pyridine rings is 1. The molecule has 2 N–H and O–H groups in total. The number of imidazole rings is 1. The number of carbonyl (C=O) groups is 1. The lowest BCUT2D eigenvalue weighted by Gasteiger charge is -2.20. The van der Waals surface area contributed by atoms with Gasteiger partial charge >= 0.3 is 12.2 Å². The smallest absolute Gasteiger partial charge is 0.420 e. The Bertz CT molecular complexity index is 1330. The molecule has 2 amide bonds. The molecule has 4 aromatic rings. The number of nitrogens with zero attached hydrogens (tertiary/aromatic N) is 3. The van der Waals surface area contributed by atoms with E-state index in [0.717, 1.165) is 30.4 Å². The summed E-state index contributed by atoms with van der Waals surface area (Å²) < 4.78 is 52.2. The number of anilines is 2. The van der Waals surface area contributed by atoms with Crippen LogP contribution in [0.15, 0.2) is 79.6 Å². The van der Waals surface area contributed by atoms with Crippen LogP contribution in [-0.4, -0.2) is 34.8 Å². The van der Waals surface area contributed by atoms with Gasteiger partial charge in [-0.2, -0.15) is 13.2 Å². The van der Waals surface area contributed by atoms with E-state index in [-0.39, 0.29) is 17.5 Å². The molecule has 1 atom stereocenters. The number of carbonyl (C=O) groups excluding carboxylic acids is 1. The molecule has 2 aromatic heterocycles. The van der Waals surface area contributed by atoms with Crippen molar-refractivity contribution in [1.29, 1.82) is 0 Å². The molecular weight excluding hydrogens is 475 g/mol. The van der Waals surface area contributed by atoms with E-state index in [4.69, 9.17) is 9.47 Å². The van der Waals surface area contributed by atoms with E-state index in [0.29, 0.717) is 5.69 Å². The summed E-state index contributed by atoms with van der Waals surface area (Å²) in [6.07, 6.45) is 3.87. The van der Waals surface area contributed by atoms with Crippen LogP contribution in [0.25, 0.3) is 0 Å². The van der Waals surface area contributed by atoms with Crippen LogP contribution in [0.3, 0.4) is 0 Å². The van der Waals surface area contributed by atoms with E-state index in [1.807, 2.05) is 29.0 Å². The molecule has 0 aliphatic carbocycles. The van der Waals surface area contributed by atoms with E-state index in [1.165, 1.54) is 7.11 Å². The summed E-state index contributed by atoms with van der Waals surface area (Å²) in [5, 5.41) is 5.09. The van der Waals surface area contributed by atoms with Gasteiger partial charge in [-0.25, -0.2) is 9.78 Å². The predicted octanol–water partition coefficient (Wildman–Crippen LogP) is 5.60. The second-order valence-corrected chi connectivity index (χ2v) is 7.65. The molecule has 36 heavy (non-hydrogen) atoms. The van der Waals surface area contributed by atoms with Crippen molar-refractivity contribution in [2.45, 2.75) is 12.2 Å². The SMILES string of the molecule is COc1cc(OC)c(C(F)(F)F)cc1NC(=O)Nc1cccc(C(c2ccncc2)n2ccnc2)c1. The number of amides is 2. The zero-order valence-electron chi connectivity index (χ0n) is 19.3. The lowest BCUT2D eigenvalue weighted by Crippen LogP contribution is -2.21. The van der Waals surface area contributed by atoms with Gasteiger partial charge in [-0.15, -0.1) is 0 Å². The summed E-state index contributed by atoms with van der Waals surface area (Å²) in [5.41, 5.74) is 1.04. The minimum atomic E-state index is -4.69. The second-order valence-electron chi connectivity index (χ2n) is 7.65. The van der Waals surface area contributed by atoms with Gasteiger partial charge in [0.25, 0.3) is 0 Å². The molecule has 0 saturated carbocycles. The van der Waals surface area contributed by atoms with E-state index in [9.17, 15) is 18.0 Å². The number of alkyl halides is 3.